The van der Waals surface area contributed by atoms with Crippen molar-refractivity contribution in [3.63, 3.8) is 0 Å². The van der Waals surface area contributed by atoms with Crippen molar-refractivity contribution in [1.29, 1.82) is 0 Å². The molecular weight excluding hydrogens is 328 g/mol. The number of carboxylic acid groups (broad SMARTS) is 1. The molecule has 0 aliphatic carbocycles. The van der Waals surface area contributed by atoms with Crippen molar-refractivity contribution in [2.24, 2.45) is 0 Å². The second-order valence-corrected chi connectivity index (χ2v) is 6.93. The maximum atomic E-state index is 12.3. The van der Waals surface area contributed by atoms with E-state index in [1.54, 1.807) is 30.3 Å². The molecule has 0 aliphatic heterocycles. The normalized spacial score (nSPS) is 11.4. The molecule has 0 saturated heterocycles. The molecule has 0 amide bonds. The van der Waals surface area contributed by atoms with Crippen LogP contribution in [0.1, 0.15) is 15.9 Å². The molecule has 0 radical (unpaired) electrons. The van der Waals surface area contributed by atoms with Gasteiger partial charge in [0.2, 0.25) is 0 Å². The molecular formula is C18H14O5S. The van der Waals surface area contributed by atoms with E-state index in [0.29, 0.717) is 10.8 Å². The smallest absolute Gasteiger partial charge is 0.339 e. The van der Waals surface area contributed by atoms with Crippen molar-refractivity contribution in [2.45, 2.75) is 11.8 Å². The second kappa shape index (κ2) is 5.98. The van der Waals surface area contributed by atoms with Crippen LogP contribution in [0.4, 0.5) is 0 Å². The Balaban J connectivity index is 1.93. The van der Waals surface area contributed by atoms with Crippen molar-refractivity contribution in [2.75, 3.05) is 0 Å². The number of carbonyl (C=O) groups is 1. The quantitative estimate of drug-likeness (QED) is 0.733. The predicted molar refractivity (Wildman–Crippen MR) is 89.9 cm³/mol. The van der Waals surface area contributed by atoms with Gasteiger partial charge in [0.05, 0.1) is 5.56 Å². The Kier molecular flexibility index (Phi) is 3.99. The van der Waals surface area contributed by atoms with Gasteiger partial charge in [-0.25, -0.2) is 4.79 Å². The van der Waals surface area contributed by atoms with Gasteiger partial charge < -0.3 is 9.29 Å². The summed E-state index contributed by atoms with van der Waals surface area (Å²) in [5.74, 6) is -0.842. The Morgan fingerprint density at radius 2 is 1.54 bits per heavy atom. The summed E-state index contributed by atoms with van der Waals surface area (Å²) >= 11 is 0. The van der Waals surface area contributed by atoms with E-state index in [0.717, 1.165) is 5.56 Å². The number of benzene rings is 3. The van der Waals surface area contributed by atoms with Gasteiger partial charge in [0, 0.05) is 0 Å². The molecule has 3 aromatic rings. The van der Waals surface area contributed by atoms with Crippen molar-refractivity contribution in [3.05, 3.63) is 71.8 Å². The van der Waals surface area contributed by atoms with Gasteiger partial charge in [-0.05, 0) is 54.1 Å². The summed E-state index contributed by atoms with van der Waals surface area (Å²) < 4.78 is 29.8. The first kappa shape index (κ1) is 16.0. The number of hydrogen-bond donors (Lipinski definition) is 1. The molecule has 3 aromatic carbocycles. The predicted octanol–water partition coefficient (Wildman–Crippen LogP) is 3.61. The number of aryl methyl sites for hydroxylation is 1. The van der Waals surface area contributed by atoms with Gasteiger partial charge >= 0.3 is 16.1 Å². The molecule has 6 heteroatoms. The highest BCUT2D eigenvalue weighted by Gasteiger charge is 2.16. The van der Waals surface area contributed by atoms with E-state index in [1.807, 2.05) is 6.92 Å². The number of rotatable bonds is 4. The Bertz CT molecular complexity index is 1020. The Morgan fingerprint density at radius 3 is 2.21 bits per heavy atom. The van der Waals surface area contributed by atoms with Gasteiger partial charge in [-0.3, -0.25) is 0 Å². The van der Waals surface area contributed by atoms with Gasteiger partial charge in [-0.2, -0.15) is 8.42 Å². The van der Waals surface area contributed by atoms with Crippen LogP contribution in [0, 0.1) is 6.92 Å². The van der Waals surface area contributed by atoms with Crippen LogP contribution in [0.25, 0.3) is 10.8 Å². The minimum atomic E-state index is -3.91. The lowest BCUT2D eigenvalue weighted by atomic mass is 10.1. The molecule has 24 heavy (non-hydrogen) atoms. The molecule has 0 spiro atoms. The van der Waals surface area contributed by atoms with Crippen LogP contribution < -0.4 is 4.18 Å². The standard InChI is InChI=1S/C18H14O5S/c1-12-2-8-17(9-3-12)24(21,22)23-16-7-6-13-10-15(18(19)20)5-4-14(13)11-16/h2-11H,1H3,(H,19,20). The van der Waals surface area contributed by atoms with Crippen LogP contribution in [-0.2, 0) is 10.1 Å². The summed E-state index contributed by atoms with van der Waals surface area (Å²) in [6.07, 6.45) is 0. The minimum Gasteiger partial charge on any atom is -0.478 e. The van der Waals surface area contributed by atoms with Gasteiger partial charge in [0.15, 0.2) is 0 Å². The average Bonchev–Trinajstić information content (AvgIpc) is 2.54. The monoisotopic (exact) mass is 342 g/mol. The van der Waals surface area contributed by atoms with Crippen LogP contribution in [0.5, 0.6) is 5.75 Å². The molecule has 1 N–H and O–H groups in total. The molecule has 0 saturated carbocycles. The van der Waals surface area contributed by atoms with Gasteiger partial charge in [0.25, 0.3) is 0 Å². The molecule has 3 rings (SSSR count). The first-order valence-corrected chi connectivity index (χ1v) is 8.54. The SMILES string of the molecule is Cc1ccc(S(=O)(=O)Oc2ccc3cc(C(=O)O)ccc3c2)cc1. The third-order valence-corrected chi connectivity index (χ3v) is 4.84. The molecule has 0 unspecified atom stereocenters. The van der Waals surface area contributed by atoms with Crippen LogP contribution in [0.3, 0.4) is 0 Å². The maximum absolute atomic E-state index is 12.3. The number of aromatic carboxylic acids is 1. The zero-order valence-corrected chi connectivity index (χ0v) is 13.6. The van der Waals surface area contributed by atoms with Gasteiger partial charge in [0.1, 0.15) is 10.6 Å². The Morgan fingerprint density at radius 1 is 0.917 bits per heavy atom. The van der Waals surface area contributed by atoms with Crippen LogP contribution in [0.15, 0.2) is 65.6 Å². The fraction of sp³-hybridized carbons (Fsp3) is 0.0556. The number of carboxylic acids is 1. The van der Waals surface area contributed by atoms with Crippen molar-refractivity contribution >= 4 is 26.9 Å². The number of fused-ring (bicyclic) bond motifs is 1. The molecule has 0 fully saturated rings. The van der Waals surface area contributed by atoms with E-state index in [-0.39, 0.29) is 16.2 Å². The molecule has 0 aliphatic rings. The molecule has 0 bridgehead atoms. The molecule has 122 valence electrons. The van der Waals surface area contributed by atoms with E-state index >= 15 is 0 Å². The minimum absolute atomic E-state index is 0.0782. The summed E-state index contributed by atoms with van der Waals surface area (Å²) in [6, 6.07) is 15.7. The maximum Gasteiger partial charge on any atom is 0.339 e. The van der Waals surface area contributed by atoms with Crippen molar-refractivity contribution < 1.29 is 22.5 Å². The van der Waals surface area contributed by atoms with E-state index in [1.165, 1.54) is 30.3 Å². The van der Waals surface area contributed by atoms with Crippen LogP contribution in [0.2, 0.25) is 0 Å². The first-order valence-electron chi connectivity index (χ1n) is 7.13. The molecule has 0 aromatic heterocycles. The summed E-state index contributed by atoms with van der Waals surface area (Å²) in [4.78, 5) is 11.1. The highest BCUT2D eigenvalue weighted by molar-refractivity contribution is 7.87. The van der Waals surface area contributed by atoms with Gasteiger partial charge in [-0.15, -0.1) is 0 Å². The third-order valence-electron chi connectivity index (χ3n) is 3.57. The molecule has 5 nitrogen and oxygen atoms in total. The van der Waals surface area contributed by atoms with E-state index in [4.69, 9.17) is 9.29 Å². The fourth-order valence-electron chi connectivity index (χ4n) is 2.29. The van der Waals surface area contributed by atoms with Gasteiger partial charge in [-0.1, -0.05) is 29.8 Å². The Hall–Kier alpha value is -2.86. The van der Waals surface area contributed by atoms with E-state index < -0.39 is 16.1 Å². The topological polar surface area (TPSA) is 80.7 Å². The third kappa shape index (κ3) is 3.23. The lowest BCUT2D eigenvalue weighted by Gasteiger charge is -2.08. The summed E-state index contributed by atoms with van der Waals surface area (Å²) in [5, 5.41) is 10.4. The zero-order valence-electron chi connectivity index (χ0n) is 12.8. The number of hydrogen-bond acceptors (Lipinski definition) is 4. The summed E-state index contributed by atoms with van der Waals surface area (Å²) in [5.41, 5.74) is 1.12. The molecule has 0 atom stereocenters. The lowest BCUT2D eigenvalue weighted by Crippen LogP contribution is -2.09. The van der Waals surface area contributed by atoms with E-state index in [2.05, 4.69) is 0 Å². The zero-order chi connectivity index (χ0) is 17.3. The van der Waals surface area contributed by atoms with E-state index in [9.17, 15) is 13.2 Å². The highest BCUT2D eigenvalue weighted by Crippen LogP contribution is 2.25. The second-order valence-electron chi connectivity index (χ2n) is 5.38. The fourth-order valence-corrected chi connectivity index (χ4v) is 3.21. The Labute approximate surface area is 139 Å². The van der Waals surface area contributed by atoms with Crippen LogP contribution in [-0.4, -0.2) is 19.5 Å². The van der Waals surface area contributed by atoms with Crippen LogP contribution >= 0.6 is 0 Å². The average molecular weight is 342 g/mol. The van der Waals surface area contributed by atoms with Crippen molar-refractivity contribution in [1.82, 2.24) is 0 Å². The molecule has 0 heterocycles. The summed E-state index contributed by atoms with van der Waals surface area (Å²) in [7, 11) is -3.91. The van der Waals surface area contributed by atoms with Crippen molar-refractivity contribution in [3.8, 4) is 5.75 Å². The first-order chi connectivity index (χ1) is 11.3. The highest BCUT2D eigenvalue weighted by atomic mass is 32.2. The summed E-state index contributed by atoms with van der Waals surface area (Å²) in [6.45, 7) is 1.87. The largest absolute Gasteiger partial charge is 0.478 e. The lowest BCUT2D eigenvalue weighted by molar-refractivity contribution is 0.0697.